The average Bonchev–Trinajstić information content (AvgIpc) is 2.76. The molecular formula is C13H16FN3. The van der Waals surface area contributed by atoms with Crippen LogP contribution in [-0.2, 0) is 6.42 Å². The molecule has 3 rings (SSSR count). The number of fused-ring (bicyclic) bond motifs is 1. The molecule has 0 saturated carbocycles. The first-order valence-corrected chi connectivity index (χ1v) is 6.16. The Morgan fingerprint density at radius 3 is 3.29 bits per heavy atom. The molecular weight excluding hydrogens is 217 g/mol. The maximum absolute atomic E-state index is 13.5. The fourth-order valence-corrected chi connectivity index (χ4v) is 2.55. The summed E-state index contributed by atoms with van der Waals surface area (Å²) in [6.45, 7) is 2.16. The van der Waals surface area contributed by atoms with Gasteiger partial charge in [0.2, 0.25) is 0 Å². The topological polar surface area (TPSA) is 29.3 Å². The Morgan fingerprint density at radius 2 is 2.47 bits per heavy atom. The van der Waals surface area contributed by atoms with Crippen molar-refractivity contribution in [2.45, 2.75) is 19.3 Å². The van der Waals surface area contributed by atoms with E-state index in [-0.39, 0.29) is 5.82 Å². The highest BCUT2D eigenvalue weighted by Gasteiger charge is 2.16. The molecule has 0 spiro atoms. The molecule has 0 aliphatic carbocycles. The zero-order valence-corrected chi connectivity index (χ0v) is 9.69. The molecule has 0 radical (unpaired) electrons. The van der Waals surface area contributed by atoms with Crippen LogP contribution in [0.25, 0.3) is 5.52 Å². The summed E-state index contributed by atoms with van der Waals surface area (Å²) in [5.74, 6) is 1.39. The van der Waals surface area contributed by atoms with E-state index < -0.39 is 0 Å². The smallest absolute Gasteiger partial charge is 0.148 e. The summed E-state index contributed by atoms with van der Waals surface area (Å²) in [5, 5.41) is 3.40. The van der Waals surface area contributed by atoms with E-state index in [1.165, 1.54) is 18.9 Å². The Hall–Kier alpha value is -1.42. The SMILES string of the molecule is Fc1cccn2c(CC3CCCNC3)ncc12. The lowest BCUT2D eigenvalue weighted by Gasteiger charge is -2.21. The van der Waals surface area contributed by atoms with Gasteiger partial charge < -0.3 is 9.72 Å². The molecule has 1 N–H and O–H groups in total. The predicted molar refractivity (Wildman–Crippen MR) is 64.4 cm³/mol. The van der Waals surface area contributed by atoms with Crippen LogP contribution < -0.4 is 5.32 Å². The minimum absolute atomic E-state index is 0.201. The van der Waals surface area contributed by atoms with Gasteiger partial charge in [-0.2, -0.15) is 0 Å². The van der Waals surface area contributed by atoms with Crippen LogP contribution in [0.15, 0.2) is 24.5 Å². The number of aromatic nitrogens is 2. The van der Waals surface area contributed by atoms with Crippen molar-refractivity contribution < 1.29 is 4.39 Å². The summed E-state index contributed by atoms with van der Waals surface area (Å²) in [6.07, 6.45) is 6.89. The van der Waals surface area contributed by atoms with E-state index in [9.17, 15) is 4.39 Å². The fraction of sp³-hybridized carbons (Fsp3) is 0.462. The molecule has 3 nitrogen and oxygen atoms in total. The lowest BCUT2D eigenvalue weighted by atomic mass is 9.96. The Kier molecular flexibility index (Phi) is 2.81. The second kappa shape index (κ2) is 4.45. The van der Waals surface area contributed by atoms with Gasteiger partial charge in [0.25, 0.3) is 0 Å². The zero-order chi connectivity index (χ0) is 11.7. The van der Waals surface area contributed by atoms with Gasteiger partial charge >= 0.3 is 0 Å². The molecule has 2 aromatic heterocycles. The summed E-state index contributed by atoms with van der Waals surface area (Å²) in [4.78, 5) is 4.35. The third kappa shape index (κ3) is 2.05. The van der Waals surface area contributed by atoms with Crippen LogP contribution in [-0.4, -0.2) is 22.5 Å². The molecule has 1 atom stereocenters. The number of pyridine rings is 1. The van der Waals surface area contributed by atoms with Crippen molar-refractivity contribution in [2.75, 3.05) is 13.1 Å². The highest BCUT2D eigenvalue weighted by molar-refractivity contribution is 5.47. The molecule has 17 heavy (non-hydrogen) atoms. The molecule has 1 aliphatic rings. The maximum Gasteiger partial charge on any atom is 0.148 e. The number of imidazole rings is 1. The molecule has 0 amide bonds. The first-order valence-electron chi connectivity index (χ1n) is 6.16. The Labute approximate surface area is 99.7 Å². The van der Waals surface area contributed by atoms with Crippen molar-refractivity contribution >= 4 is 5.52 Å². The lowest BCUT2D eigenvalue weighted by molar-refractivity contribution is 0.370. The Bertz CT molecular complexity index is 514. The van der Waals surface area contributed by atoms with E-state index in [1.807, 2.05) is 10.6 Å². The minimum Gasteiger partial charge on any atom is -0.316 e. The summed E-state index contributed by atoms with van der Waals surface area (Å²) >= 11 is 0. The highest BCUT2D eigenvalue weighted by atomic mass is 19.1. The number of rotatable bonds is 2. The molecule has 1 unspecified atom stereocenters. The third-order valence-electron chi connectivity index (χ3n) is 3.47. The van der Waals surface area contributed by atoms with E-state index in [2.05, 4.69) is 10.3 Å². The summed E-state index contributed by atoms with van der Waals surface area (Å²) in [5.41, 5.74) is 0.575. The van der Waals surface area contributed by atoms with Crippen LogP contribution in [0.1, 0.15) is 18.7 Å². The van der Waals surface area contributed by atoms with Crippen molar-refractivity contribution in [3.63, 3.8) is 0 Å². The Morgan fingerprint density at radius 1 is 1.53 bits per heavy atom. The highest BCUT2D eigenvalue weighted by Crippen LogP contribution is 2.18. The van der Waals surface area contributed by atoms with Gasteiger partial charge in [-0.1, -0.05) is 0 Å². The summed E-state index contributed by atoms with van der Waals surface area (Å²) < 4.78 is 15.4. The molecule has 0 aromatic carbocycles. The van der Waals surface area contributed by atoms with Gasteiger partial charge in [0.05, 0.1) is 6.20 Å². The average molecular weight is 233 g/mol. The molecule has 1 saturated heterocycles. The van der Waals surface area contributed by atoms with E-state index in [4.69, 9.17) is 0 Å². The van der Waals surface area contributed by atoms with Gasteiger partial charge in [0, 0.05) is 12.6 Å². The minimum atomic E-state index is -0.201. The van der Waals surface area contributed by atoms with Crippen molar-refractivity contribution in [1.82, 2.24) is 14.7 Å². The largest absolute Gasteiger partial charge is 0.316 e. The van der Waals surface area contributed by atoms with Crippen molar-refractivity contribution in [3.8, 4) is 0 Å². The van der Waals surface area contributed by atoms with Crippen LogP contribution in [0, 0.1) is 11.7 Å². The van der Waals surface area contributed by atoms with E-state index in [0.717, 1.165) is 25.3 Å². The van der Waals surface area contributed by atoms with Gasteiger partial charge in [-0.15, -0.1) is 0 Å². The fourth-order valence-electron chi connectivity index (χ4n) is 2.55. The first-order chi connectivity index (χ1) is 8.34. The zero-order valence-electron chi connectivity index (χ0n) is 9.69. The van der Waals surface area contributed by atoms with Crippen molar-refractivity contribution in [1.29, 1.82) is 0 Å². The van der Waals surface area contributed by atoms with Gasteiger partial charge in [-0.25, -0.2) is 9.37 Å². The van der Waals surface area contributed by atoms with Gasteiger partial charge in [0.1, 0.15) is 17.2 Å². The van der Waals surface area contributed by atoms with Crippen LogP contribution >= 0.6 is 0 Å². The van der Waals surface area contributed by atoms with Gasteiger partial charge in [-0.3, -0.25) is 0 Å². The lowest BCUT2D eigenvalue weighted by Crippen LogP contribution is -2.31. The summed E-state index contributed by atoms with van der Waals surface area (Å²) in [6, 6.07) is 3.20. The van der Waals surface area contributed by atoms with Crippen LogP contribution in [0.5, 0.6) is 0 Å². The molecule has 1 aliphatic heterocycles. The summed E-state index contributed by atoms with van der Waals surface area (Å²) in [7, 11) is 0. The molecule has 3 heterocycles. The predicted octanol–water partition coefficient (Wildman–Crippen LogP) is 2.02. The normalized spacial score (nSPS) is 20.9. The molecule has 0 bridgehead atoms. The number of halogens is 1. The standard InChI is InChI=1S/C13H16FN3/c14-11-4-2-6-17-12(11)9-16-13(17)7-10-3-1-5-15-8-10/h2,4,6,9-10,15H,1,3,5,7-8H2. The van der Waals surface area contributed by atoms with Crippen LogP contribution in [0.2, 0.25) is 0 Å². The third-order valence-corrected chi connectivity index (χ3v) is 3.47. The van der Waals surface area contributed by atoms with E-state index >= 15 is 0 Å². The number of nitrogens with one attached hydrogen (secondary N) is 1. The Balaban J connectivity index is 1.87. The van der Waals surface area contributed by atoms with Crippen molar-refractivity contribution in [2.24, 2.45) is 5.92 Å². The molecule has 4 heteroatoms. The quantitative estimate of drug-likeness (QED) is 0.859. The molecule has 1 fully saturated rings. The number of nitrogens with zero attached hydrogens (tertiary/aromatic N) is 2. The van der Waals surface area contributed by atoms with Crippen LogP contribution in [0.4, 0.5) is 4.39 Å². The second-order valence-electron chi connectivity index (χ2n) is 4.70. The van der Waals surface area contributed by atoms with Crippen molar-refractivity contribution in [3.05, 3.63) is 36.2 Å². The van der Waals surface area contributed by atoms with Gasteiger partial charge in [-0.05, 0) is 44.0 Å². The van der Waals surface area contributed by atoms with Crippen LogP contribution in [0.3, 0.4) is 0 Å². The number of hydrogen-bond acceptors (Lipinski definition) is 2. The van der Waals surface area contributed by atoms with E-state index in [1.54, 1.807) is 12.3 Å². The molecule has 90 valence electrons. The van der Waals surface area contributed by atoms with E-state index in [0.29, 0.717) is 11.4 Å². The monoisotopic (exact) mass is 233 g/mol. The molecule has 2 aromatic rings. The number of hydrogen-bond donors (Lipinski definition) is 1. The second-order valence-corrected chi connectivity index (χ2v) is 4.70. The first kappa shape index (κ1) is 10.7. The number of piperidine rings is 1. The van der Waals surface area contributed by atoms with Gasteiger partial charge in [0.15, 0.2) is 0 Å². The maximum atomic E-state index is 13.5.